The van der Waals surface area contributed by atoms with Crippen LogP contribution in [-0.4, -0.2) is 38.2 Å². The lowest BCUT2D eigenvalue weighted by molar-refractivity contribution is 0.0947. The fraction of sp³-hybridized carbons (Fsp3) is 0.409. The van der Waals surface area contributed by atoms with Gasteiger partial charge in [0.2, 0.25) is 0 Å². The molecule has 0 unspecified atom stereocenters. The molecule has 1 aliphatic carbocycles. The molecule has 2 heterocycles. The molecular weight excluding hydrogens is 382 g/mol. The summed E-state index contributed by atoms with van der Waals surface area (Å²) in [5.74, 6) is 0.865. The van der Waals surface area contributed by atoms with E-state index in [0.29, 0.717) is 12.2 Å². The third kappa shape index (κ3) is 4.56. The molecule has 7 heteroatoms. The van der Waals surface area contributed by atoms with Crippen molar-refractivity contribution in [2.24, 2.45) is 0 Å². The van der Waals surface area contributed by atoms with Crippen LogP contribution in [0.25, 0.3) is 11.3 Å². The zero-order valence-electron chi connectivity index (χ0n) is 16.5. The Balaban J connectivity index is 1.42. The van der Waals surface area contributed by atoms with Crippen LogP contribution in [0.2, 0.25) is 0 Å². The molecule has 1 aromatic carbocycles. The number of aryl methyl sites for hydroxylation is 1. The summed E-state index contributed by atoms with van der Waals surface area (Å²) in [4.78, 5) is 12.6. The molecule has 0 spiro atoms. The number of carbonyl (C=O) groups is 1. The number of H-pyrrole nitrogens is 1. The summed E-state index contributed by atoms with van der Waals surface area (Å²) >= 11 is 4.22. The van der Waals surface area contributed by atoms with Crippen LogP contribution in [-0.2, 0) is 19.4 Å². The molecule has 29 heavy (non-hydrogen) atoms. The molecular formula is C22H27N5OS. The van der Waals surface area contributed by atoms with E-state index < -0.39 is 0 Å². The second-order valence-corrected chi connectivity index (χ2v) is 7.94. The highest BCUT2D eigenvalue weighted by Crippen LogP contribution is 2.33. The molecule has 2 aromatic heterocycles. The molecule has 0 saturated heterocycles. The maximum atomic E-state index is 12.6. The average molecular weight is 410 g/mol. The van der Waals surface area contributed by atoms with Crippen LogP contribution in [0.5, 0.6) is 0 Å². The second-order valence-electron chi connectivity index (χ2n) is 7.49. The van der Waals surface area contributed by atoms with Gasteiger partial charge in [0.1, 0.15) is 5.69 Å². The number of amides is 1. The van der Waals surface area contributed by atoms with Gasteiger partial charge < -0.3 is 5.32 Å². The Morgan fingerprint density at radius 2 is 1.97 bits per heavy atom. The lowest BCUT2D eigenvalue weighted by atomic mass is 9.94. The van der Waals surface area contributed by atoms with E-state index in [-0.39, 0.29) is 5.91 Å². The molecule has 1 aliphatic rings. The summed E-state index contributed by atoms with van der Waals surface area (Å²) in [6.07, 6.45) is 8.06. The molecule has 0 bridgehead atoms. The topological polar surface area (TPSA) is 75.6 Å². The zero-order chi connectivity index (χ0) is 20.1. The number of rotatable bonds is 9. The molecule has 6 nitrogen and oxygen atoms in total. The van der Waals surface area contributed by atoms with Crippen molar-refractivity contribution in [3.05, 3.63) is 59.0 Å². The van der Waals surface area contributed by atoms with Crippen LogP contribution >= 0.6 is 12.6 Å². The minimum absolute atomic E-state index is 0.0620. The summed E-state index contributed by atoms with van der Waals surface area (Å²) in [5, 5.41) is 15.2. The molecule has 0 radical (unpaired) electrons. The SMILES string of the molecule is O=C(NCCCCCCS)c1[nH]nc2c1CCc1nn(Cc3ccccc3)cc1-2. The van der Waals surface area contributed by atoms with Gasteiger partial charge in [-0.15, -0.1) is 0 Å². The molecule has 152 valence electrons. The first kappa shape index (κ1) is 19.8. The summed E-state index contributed by atoms with van der Waals surface area (Å²) in [7, 11) is 0. The molecule has 0 atom stereocenters. The van der Waals surface area contributed by atoms with Gasteiger partial charge in [0, 0.05) is 23.9 Å². The van der Waals surface area contributed by atoms with Gasteiger partial charge in [-0.05, 0) is 37.0 Å². The van der Waals surface area contributed by atoms with E-state index in [2.05, 4.69) is 40.3 Å². The number of hydrogen-bond acceptors (Lipinski definition) is 4. The maximum Gasteiger partial charge on any atom is 0.269 e. The number of benzene rings is 1. The number of carbonyl (C=O) groups excluding carboxylic acids is 1. The summed E-state index contributed by atoms with van der Waals surface area (Å²) < 4.78 is 1.97. The monoisotopic (exact) mass is 409 g/mol. The van der Waals surface area contributed by atoms with Crippen molar-refractivity contribution in [1.82, 2.24) is 25.3 Å². The minimum atomic E-state index is -0.0620. The number of thiol groups is 1. The van der Waals surface area contributed by atoms with Gasteiger partial charge in [0.05, 0.1) is 17.9 Å². The van der Waals surface area contributed by atoms with Crippen molar-refractivity contribution < 1.29 is 4.79 Å². The van der Waals surface area contributed by atoms with Crippen molar-refractivity contribution >= 4 is 18.5 Å². The van der Waals surface area contributed by atoms with E-state index in [1.54, 1.807) is 0 Å². The number of nitrogens with zero attached hydrogens (tertiary/aromatic N) is 3. The molecule has 1 amide bonds. The summed E-state index contributed by atoms with van der Waals surface area (Å²) in [6, 6.07) is 10.3. The van der Waals surface area contributed by atoms with Gasteiger partial charge in [0.15, 0.2) is 0 Å². The van der Waals surface area contributed by atoms with Crippen LogP contribution in [0.3, 0.4) is 0 Å². The average Bonchev–Trinajstić information content (AvgIpc) is 3.34. The highest BCUT2D eigenvalue weighted by molar-refractivity contribution is 7.80. The molecule has 4 rings (SSSR count). The lowest BCUT2D eigenvalue weighted by Crippen LogP contribution is -2.26. The highest BCUT2D eigenvalue weighted by Gasteiger charge is 2.27. The van der Waals surface area contributed by atoms with Crippen LogP contribution in [0.1, 0.15) is 53.0 Å². The van der Waals surface area contributed by atoms with E-state index in [0.717, 1.165) is 73.3 Å². The predicted octanol–water partition coefficient (Wildman–Crippen LogP) is 3.64. The number of hydrogen-bond donors (Lipinski definition) is 3. The first-order chi connectivity index (χ1) is 14.3. The van der Waals surface area contributed by atoms with E-state index >= 15 is 0 Å². The van der Waals surface area contributed by atoms with Crippen molar-refractivity contribution in [2.45, 2.75) is 45.1 Å². The molecule has 0 saturated carbocycles. The highest BCUT2D eigenvalue weighted by atomic mass is 32.1. The van der Waals surface area contributed by atoms with Crippen LogP contribution in [0.15, 0.2) is 36.5 Å². The number of aromatic nitrogens is 4. The van der Waals surface area contributed by atoms with Gasteiger partial charge in [-0.3, -0.25) is 14.6 Å². The Morgan fingerprint density at radius 1 is 1.14 bits per heavy atom. The first-order valence-corrected chi connectivity index (χ1v) is 11.0. The normalized spacial score (nSPS) is 12.4. The smallest absolute Gasteiger partial charge is 0.269 e. The Kier molecular flexibility index (Phi) is 6.34. The number of aromatic amines is 1. The van der Waals surface area contributed by atoms with Gasteiger partial charge in [-0.1, -0.05) is 43.2 Å². The third-order valence-electron chi connectivity index (χ3n) is 5.36. The van der Waals surface area contributed by atoms with Crippen LogP contribution in [0.4, 0.5) is 0 Å². The number of unbranched alkanes of at least 4 members (excludes halogenated alkanes) is 3. The van der Waals surface area contributed by atoms with Crippen molar-refractivity contribution in [3.63, 3.8) is 0 Å². The van der Waals surface area contributed by atoms with Crippen LogP contribution in [0, 0.1) is 0 Å². The van der Waals surface area contributed by atoms with Crippen molar-refractivity contribution in [3.8, 4) is 11.3 Å². The fourth-order valence-electron chi connectivity index (χ4n) is 3.84. The fourth-order valence-corrected chi connectivity index (χ4v) is 4.06. The standard InChI is InChI=1S/C22H27N5OS/c28-22(23-12-6-1-2-7-13-29)21-17-10-11-19-18(20(17)24-25-21)15-27(26-19)14-16-8-4-3-5-9-16/h3-5,8-9,15,29H,1-2,6-7,10-14H2,(H,23,28)(H,24,25). The molecule has 3 aromatic rings. The maximum absolute atomic E-state index is 12.6. The second kappa shape index (κ2) is 9.31. The van der Waals surface area contributed by atoms with Crippen LogP contribution < -0.4 is 5.32 Å². The summed E-state index contributed by atoms with van der Waals surface area (Å²) in [5.41, 5.74) is 5.76. The Bertz CT molecular complexity index is 963. The number of fused-ring (bicyclic) bond motifs is 3. The Morgan fingerprint density at radius 3 is 2.79 bits per heavy atom. The van der Waals surface area contributed by atoms with Gasteiger partial charge in [0.25, 0.3) is 5.91 Å². The zero-order valence-corrected chi connectivity index (χ0v) is 17.4. The van der Waals surface area contributed by atoms with E-state index in [1.807, 2.05) is 29.1 Å². The van der Waals surface area contributed by atoms with E-state index in [1.165, 1.54) is 5.56 Å². The largest absolute Gasteiger partial charge is 0.351 e. The molecule has 0 aliphatic heterocycles. The Labute approximate surface area is 176 Å². The van der Waals surface area contributed by atoms with Gasteiger partial charge in [-0.2, -0.15) is 22.8 Å². The predicted molar refractivity (Wildman–Crippen MR) is 117 cm³/mol. The molecule has 2 N–H and O–H groups in total. The van der Waals surface area contributed by atoms with Gasteiger partial charge in [-0.25, -0.2) is 0 Å². The summed E-state index contributed by atoms with van der Waals surface area (Å²) in [6.45, 7) is 1.42. The van der Waals surface area contributed by atoms with E-state index in [4.69, 9.17) is 5.10 Å². The van der Waals surface area contributed by atoms with Crippen molar-refractivity contribution in [2.75, 3.05) is 12.3 Å². The third-order valence-corrected chi connectivity index (χ3v) is 5.67. The van der Waals surface area contributed by atoms with E-state index in [9.17, 15) is 4.79 Å². The molecule has 0 fully saturated rings. The Hall–Kier alpha value is -2.54. The lowest BCUT2D eigenvalue weighted by Gasteiger charge is -2.11. The quantitative estimate of drug-likeness (QED) is 0.373. The number of nitrogens with one attached hydrogen (secondary N) is 2. The first-order valence-electron chi connectivity index (χ1n) is 10.3. The van der Waals surface area contributed by atoms with Gasteiger partial charge >= 0.3 is 0 Å². The minimum Gasteiger partial charge on any atom is -0.351 e. The van der Waals surface area contributed by atoms with Crippen molar-refractivity contribution in [1.29, 1.82) is 0 Å².